The lowest BCUT2D eigenvalue weighted by Gasteiger charge is -2.03. The van der Waals surface area contributed by atoms with Crippen LogP contribution in [0, 0.1) is 0 Å². The van der Waals surface area contributed by atoms with Crippen LogP contribution in [0.5, 0.6) is 0 Å². The molecule has 0 radical (unpaired) electrons. The molecule has 0 aromatic heterocycles. The van der Waals surface area contributed by atoms with Crippen molar-refractivity contribution in [2.75, 3.05) is 19.4 Å². The number of rotatable bonds is 1. The van der Waals surface area contributed by atoms with Crippen molar-refractivity contribution in [1.29, 1.82) is 0 Å². The largest absolute Gasteiger partial charge is 0.388 e. The van der Waals surface area contributed by atoms with Crippen LogP contribution in [-0.4, -0.2) is 19.0 Å². The molecule has 0 unspecified atom stereocenters. The average Bonchev–Trinajstić information content (AvgIpc) is 2.43. The third kappa shape index (κ3) is 2.53. The first-order valence-electron chi connectivity index (χ1n) is 4.27. The molecule has 2 rings (SSSR count). The fraction of sp³-hybridized carbons (Fsp3) is 0.400. The molecule has 4 heteroatoms. The van der Waals surface area contributed by atoms with Crippen molar-refractivity contribution in [3.05, 3.63) is 29.3 Å². The van der Waals surface area contributed by atoms with Gasteiger partial charge in [0.25, 0.3) is 0 Å². The van der Waals surface area contributed by atoms with Gasteiger partial charge in [0, 0.05) is 25.8 Å². The van der Waals surface area contributed by atoms with E-state index in [1.165, 1.54) is 16.8 Å². The standard InChI is InChI=1S/C10H14N2.2ClH/c1-11-10-4-3-8-6-12(2)7-9(8)5-10;;/h3-5,11H,6-7H2,1-2H3;2*1H. The molecule has 0 aliphatic carbocycles. The highest BCUT2D eigenvalue weighted by molar-refractivity contribution is 5.85. The van der Waals surface area contributed by atoms with Crippen LogP contribution in [-0.2, 0) is 13.1 Å². The van der Waals surface area contributed by atoms with Crippen molar-refractivity contribution in [3.8, 4) is 0 Å². The van der Waals surface area contributed by atoms with Crippen LogP contribution in [0.15, 0.2) is 18.2 Å². The van der Waals surface area contributed by atoms with Crippen LogP contribution in [0.25, 0.3) is 0 Å². The minimum absolute atomic E-state index is 0. The smallest absolute Gasteiger partial charge is 0.0341 e. The number of anilines is 1. The second kappa shape index (κ2) is 5.44. The number of fused-ring (bicyclic) bond motifs is 1. The third-order valence-corrected chi connectivity index (χ3v) is 2.38. The van der Waals surface area contributed by atoms with Crippen LogP contribution in [0.2, 0.25) is 0 Å². The first kappa shape index (κ1) is 13.6. The topological polar surface area (TPSA) is 15.3 Å². The summed E-state index contributed by atoms with van der Waals surface area (Å²) < 4.78 is 0. The van der Waals surface area contributed by atoms with Crippen LogP contribution in [0.4, 0.5) is 5.69 Å². The molecule has 0 bridgehead atoms. The van der Waals surface area contributed by atoms with Gasteiger partial charge in [-0.25, -0.2) is 0 Å². The van der Waals surface area contributed by atoms with E-state index in [1.807, 2.05) is 7.05 Å². The van der Waals surface area contributed by atoms with Crippen LogP contribution in [0.1, 0.15) is 11.1 Å². The van der Waals surface area contributed by atoms with Gasteiger partial charge < -0.3 is 5.32 Å². The van der Waals surface area contributed by atoms with E-state index in [4.69, 9.17) is 0 Å². The lowest BCUT2D eigenvalue weighted by Crippen LogP contribution is -2.07. The summed E-state index contributed by atoms with van der Waals surface area (Å²) >= 11 is 0. The Bertz CT molecular complexity index is 302. The Morgan fingerprint density at radius 1 is 1.14 bits per heavy atom. The molecule has 2 nitrogen and oxygen atoms in total. The fourth-order valence-electron chi connectivity index (χ4n) is 1.72. The molecule has 1 aromatic carbocycles. The summed E-state index contributed by atoms with van der Waals surface area (Å²) in [5, 5.41) is 3.15. The predicted octanol–water partition coefficient (Wildman–Crippen LogP) is 2.52. The molecule has 0 saturated carbocycles. The van der Waals surface area contributed by atoms with Crippen LogP contribution < -0.4 is 5.32 Å². The molecular weight excluding hydrogens is 219 g/mol. The minimum atomic E-state index is 0. The van der Waals surface area contributed by atoms with Gasteiger partial charge in [0.15, 0.2) is 0 Å². The van der Waals surface area contributed by atoms with Gasteiger partial charge in [0.05, 0.1) is 0 Å². The quantitative estimate of drug-likeness (QED) is 0.804. The minimum Gasteiger partial charge on any atom is -0.388 e. The predicted molar refractivity (Wildman–Crippen MR) is 65.7 cm³/mol. The normalized spacial score (nSPS) is 13.9. The molecule has 1 aromatic rings. The Labute approximate surface area is 97.5 Å². The highest BCUT2D eigenvalue weighted by Gasteiger charge is 2.14. The van der Waals surface area contributed by atoms with Crippen LogP contribution in [0.3, 0.4) is 0 Å². The number of hydrogen-bond donors (Lipinski definition) is 1. The van der Waals surface area contributed by atoms with Gasteiger partial charge in [-0.3, -0.25) is 4.90 Å². The van der Waals surface area contributed by atoms with E-state index in [-0.39, 0.29) is 24.8 Å². The van der Waals surface area contributed by atoms with Crippen molar-refractivity contribution in [2.24, 2.45) is 0 Å². The second-order valence-corrected chi connectivity index (χ2v) is 3.41. The summed E-state index contributed by atoms with van der Waals surface area (Å²) in [5.74, 6) is 0. The summed E-state index contributed by atoms with van der Waals surface area (Å²) in [6.45, 7) is 2.18. The molecule has 0 saturated heterocycles. The molecule has 1 N–H and O–H groups in total. The van der Waals surface area contributed by atoms with Crippen molar-refractivity contribution in [3.63, 3.8) is 0 Å². The van der Waals surface area contributed by atoms with Crippen molar-refractivity contribution in [2.45, 2.75) is 13.1 Å². The van der Waals surface area contributed by atoms with Crippen molar-refractivity contribution < 1.29 is 0 Å². The van der Waals surface area contributed by atoms with Gasteiger partial charge in [0.2, 0.25) is 0 Å². The zero-order valence-corrected chi connectivity index (χ0v) is 10.0. The molecule has 1 aliphatic rings. The SMILES string of the molecule is CNc1ccc2c(c1)CN(C)C2.Cl.Cl. The maximum atomic E-state index is 3.15. The monoisotopic (exact) mass is 234 g/mol. The molecule has 0 fully saturated rings. The maximum absolute atomic E-state index is 3.15. The number of benzene rings is 1. The average molecular weight is 235 g/mol. The molecule has 0 amide bonds. The van der Waals surface area contributed by atoms with E-state index < -0.39 is 0 Å². The number of nitrogens with zero attached hydrogens (tertiary/aromatic N) is 1. The van der Waals surface area contributed by atoms with E-state index in [0.717, 1.165) is 13.1 Å². The van der Waals surface area contributed by atoms with E-state index in [1.54, 1.807) is 0 Å². The first-order chi connectivity index (χ1) is 5.79. The molecule has 0 spiro atoms. The van der Waals surface area contributed by atoms with Gasteiger partial charge >= 0.3 is 0 Å². The zero-order chi connectivity index (χ0) is 8.55. The van der Waals surface area contributed by atoms with Crippen molar-refractivity contribution in [1.82, 2.24) is 4.90 Å². The summed E-state index contributed by atoms with van der Waals surface area (Å²) in [7, 11) is 4.11. The molecule has 80 valence electrons. The summed E-state index contributed by atoms with van der Waals surface area (Å²) in [6, 6.07) is 6.58. The van der Waals surface area contributed by atoms with E-state index in [0.29, 0.717) is 0 Å². The van der Waals surface area contributed by atoms with Gasteiger partial charge in [-0.05, 0) is 30.3 Å². The Kier molecular flexibility index (Phi) is 5.27. The van der Waals surface area contributed by atoms with Crippen LogP contribution >= 0.6 is 24.8 Å². The first-order valence-corrected chi connectivity index (χ1v) is 4.27. The molecule has 0 atom stereocenters. The molecule has 1 heterocycles. The maximum Gasteiger partial charge on any atom is 0.0341 e. The summed E-state index contributed by atoms with van der Waals surface area (Å²) in [4.78, 5) is 2.32. The van der Waals surface area contributed by atoms with Gasteiger partial charge in [-0.1, -0.05) is 6.07 Å². The lowest BCUT2D eigenvalue weighted by molar-refractivity contribution is 0.353. The number of halogens is 2. The number of hydrogen-bond acceptors (Lipinski definition) is 2. The Balaban J connectivity index is 0.000000845. The van der Waals surface area contributed by atoms with E-state index in [9.17, 15) is 0 Å². The van der Waals surface area contributed by atoms with Gasteiger partial charge in [-0.2, -0.15) is 0 Å². The number of nitrogens with one attached hydrogen (secondary N) is 1. The molecule has 1 aliphatic heterocycles. The van der Waals surface area contributed by atoms with Gasteiger partial charge in [-0.15, -0.1) is 24.8 Å². The fourth-order valence-corrected chi connectivity index (χ4v) is 1.72. The zero-order valence-electron chi connectivity index (χ0n) is 8.41. The molecule has 14 heavy (non-hydrogen) atoms. The molecular formula is C10H16Cl2N2. The van der Waals surface area contributed by atoms with Crippen molar-refractivity contribution >= 4 is 30.5 Å². The van der Waals surface area contributed by atoms with Gasteiger partial charge in [0.1, 0.15) is 0 Å². The summed E-state index contributed by atoms with van der Waals surface area (Å²) in [6.07, 6.45) is 0. The summed E-state index contributed by atoms with van der Waals surface area (Å²) in [5.41, 5.74) is 4.14. The second-order valence-electron chi connectivity index (χ2n) is 3.41. The Morgan fingerprint density at radius 3 is 2.43 bits per heavy atom. The highest BCUT2D eigenvalue weighted by atomic mass is 35.5. The Morgan fingerprint density at radius 2 is 1.79 bits per heavy atom. The lowest BCUT2D eigenvalue weighted by atomic mass is 10.1. The van der Waals surface area contributed by atoms with E-state index in [2.05, 4.69) is 35.5 Å². The highest BCUT2D eigenvalue weighted by Crippen LogP contribution is 2.23. The Hall–Kier alpha value is -0.440. The third-order valence-electron chi connectivity index (χ3n) is 2.38. The van der Waals surface area contributed by atoms with E-state index >= 15 is 0 Å².